The molecule has 3 heteroatoms. The van der Waals surface area contributed by atoms with Crippen LogP contribution in [0.1, 0.15) is 71.6 Å². The zero-order valence-electron chi connectivity index (χ0n) is 12.1. The topological polar surface area (TPSA) is 55.1 Å². The summed E-state index contributed by atoms with van der Waals surface area (Å²) in [4.78, 5) is 11.8. The van der Waals surface area contributed by atoms with E-state index in [4.69, 9.17) is 5.73 Å². The van der Waals surface area contributed by atoms with E-state index in [2.05, 4.69) is 19.2 Å². The van der Waals surface area contributed by atoms with E-state index >= 15 is 0 Å². The molecule has 0 saturated heterocycles. The number of amides is 1. The number of carbonyl (C=O) groups is 1. The molecule has 0 bridgehead atoms. The summed E-state index contributed by atoms with van der Waals surface area (Å²) in [5, 5.41) is 3.04. The van der Waals surface area contributed by atoms with Crippen LogP contribution in [-0.2, 0) is 4.79 Å². The van der Waals surface area contributed by atoms with Crippen molar-refractivity contribution >= 4 is 5.91 Å². The van der Waals surface area contributed by atoms with Gasteiger partial charge in [0.05, 0.1) is 6.04 Å². The minimum absolute atomic E-state index is 0.0213. The van der Waals surface area contributed by atoms with Gasteiger partial charge in [-0.3, -0.25) is 4.79 Å². The van der Waals surface area contributed by atoms with E-state index in [1.165, 1.54) is 38.5 Å². The van der Waals surface area contributed by atoms with Crippen LogP contribution < -0.4 is 11.1 Å². The molecule has 0 aromatic rings. The first kappa shape index (κ1) is 15.5. The predicted octanol–water partition coefficient (Wildman–Crippen LogP) is 2.98. The fraction of sp³-hybridized carbons (Fsp3) is 0.933. The maximum Gasteiger partial charge on any atom is 0.237 e. The van der Waals surface area contributed by atoms with Crippen LogP contribution in [0.2, 0.25) is 0 Å². The fourth-order valence-corrected chi connectivity index (χ4v) is 2.83. The number of hydrogen-bond donors (Lipinski definition) is 2. The fourth-order valence-electron chi connectivity index (χ4n) is 2.83. The van der Waals surface area contributed by atoms with Crippen molar-refractivity contribution in [2.24, 2.45) is 11.7 Å². The van der Waals surface area contributed by atoms with Gasteiger partial charge in [0.1, 0.15) is 0 Å². The first-order valence-corrected chi connectivity index (χ1v) is 7.69. The summed E-state index contributed by atoms with van der Waals surface area (Å²) >= 11 is 0. The summed E-state index contributed by atoms with van der Waals surface area (Å²) in [5.41, 5.74) is 5.80. The Kier molecular flexibility index (Phi) is 7.33. The summed E-state index contributed by atoms with van der Waals surface area (Å²) in [6.45, 7) is 4.15. The summed E-state index contributed by atoms with van der Waals surface area (Å²) in [7, 11) is 0. The minimum Gasteiger partial charge on any atom is -0.352 e. The predicted molar refractivity (Wildman–Crippen MR) is 76.3 cm³/mol. The van der Waals surface area contributed by atoms with Gasteiger partial charge in [0, 0.05) is 6.04 Å². The van der Waals surface area contributed by atoms with E-state index < -0.39 is 0 Å². The summed E-state index contributed by atoms with van der Waals surface area (Å²) in [6.07, 6.45) is 11.1. The quantitative estimate of drug-likeness (QED) is 0.734. The standard InChI is InChI=1S/C15H30N2O/c1-3-7-14(16)15(18)17-12(2)10-11-13-8-5-4-6-9-13/h12-14H,3-11,16H2,1-2H3,(H,17,18). The highest BCUT2D eigenvalue weighted by Gasteiger charge is 2.17. The molecule has 1 aliphatic carbocycles. The summed E-state index contributed by atoms with van der Waals surface area (Å²) < 4.78 is 0. The molecule has 1 amide bonds. The molecule has 1 rings (SSSR count). The van der Waals surface area contributed by atoms with Gasteiger partial charge in [0.25, 0.3) is 0 Å². The van der Waals surface area contributed by atoms with E-state index in [0.717, 1.165) is 25.2 Å². The molecule has 1 saturated carbocycles. The monoisotopic (exact) mass is 254 g/mol. The van der Waals surface area contributed by atoms with Gasteiger partial charge in [-0.1, -0.05) is 45.4 Å². The van der Waals surface area contributed by atoms with Crippen LogP contribution in [0.4, 0.5) is 0 Å². The van der Waals surface area contributed by atoms with Crippen LogP contribution in [0.15, 0.2) is 0 Å². The van der Waals surface area contributed by atoms with E-state index in [0.29, 0.717) is 0 Å². The van der Waals surface area contributed by atoms with Crippen LogP contribution in [-0.4, -0.2) is 18.0 Å². The molecule has 0 aromatic carbocycles. The van der Waals surface area contributed by atoms with Crippen LogP contribution in [0, 0.1) is 5.92 Å². The lowest BCUT2D eigenvalue weighted by molar-refractivity contribution is -0.123. The van der Waals surface area contributed by atoms with Crippen molar-refractivity contribution in [3.63, 3.8) is 0 Å². The SMILES string of the molecule is CCCC(N)C(=O)NC(C)CCC1CCCCC1. The molecule has 0 radical (unpaired) electrons. The molecule has 3 nitrogen and oxygen atoms in total. The van der Waals surface area contributed by atoms with Crippen molar-refractivity contribution in [1.29, 1.82) is 0 Å². The van der Waals surface area contributed by atoms with Gasteiger partial charge in [-0.05, 0) is 32.1 Å². The Labute approximate surface area is 112 Å². The van der Waals surface area contributed by atoms with Crippen molar-refractivity contribution < 1.29 is 4.79 Å². The Balaban J connectivity index is 2.15. The smallest absolute Gasteiger partial charge is 0.237 e. The van der Waals surface area contributed by atoms with Gasteiger partial charge in [-0.25, -0.2) is 0 Å². The van der Waals surface area contributed by atoms with Gasteiger partial charge in [-0.15, -0.1) is 0 Å². The average molecular weight is 254 g/mol. The molecule has 18 heavy (non-hydrogen) atoms. The summed E-state index contributed by atoms with van der Waals surface area (Å²) in [6, 6.07) is -0.0607. The first-order valence-electron chi connectivity index (χ1n) is 7.69. The lowest BCUT2D eigenvalue weighted by Crippen LogP contribution is -2.44. The normalized spacial score (nSPS) is 20.4. The number of rotatable bonds is 7. The number of hydrogen-bond acceptors (Lipinski definition) is 2. The van der Waals surface area contributed by atoms with Gasteiger partial charge >= 0.3 is 0 Å². The zero-order chi connectivity index (χ0) is 13.4. The molecule has 1 aliphatic rings. The zero-order valence-corrected chi connectivity index (χ0v) is 12.1. The van der Waals surface area contributed by atoms with E-state index in [9.17, 15) is 4.79 Å². The second-order valence-corrected chi connectivity index (χ2v) is 5.89. The van der Waals surface area contributed by atoms with Gasteiger partial charge in [0.2, 0.25) is 5.91 Å². The maximum atomic E-state index is 11.8. The molecule has 0 heterocycles. The highest BCUT2D eigenvalue weighted by Crippen LogP contribution is 2.27. The Morgan fingerprint density at radius 1 is 1.28 bits per heavy atom. The Bertz CT molecular complexity index is 237. The Morgan fingerprint density at radius 3 is 2.56 bits per heavy atom. The van der Waals surface area contributed by atoms with E-state index in [1.807, 2.05) is 0 Å². The van der Waals surface area contributed by atoms with Gasteiger partial charge in [0.15, 0.2) is 0 Å². The molecule has 0 aliphatic heterocycles. The second-order valence-electron chi connectivity index (χ2n) is 5.89. The van der Waals surface area contributed by atoms with Gasteiger partial charge < -0.3 is 11.1 Å². The van der Waals surface area contributed by atoms with Crippen LogP contribution in [0.5, 0.6) is 0 Å². The molecule has 106 valence electrons. The molecular weight excluding hydrogens is 224 g/mol. The lowest BCUT2D eigenvalue weighted by Gasteiger charge is -2.24. The Morgan fingerprint density at radius 2 is 1.94 bits per heavy atom. The third-order valence-corrected chi connectivity index (χ3v) is 4.06. The molecular formula is C15H30N2O. The molecule has 2 atom stereocenters. The molecule has 3 N–H and O–H groups in total. The van der Waals surface area contributed by atoms with Crippen molar-refractivity contribution in [3.05, 3.63) is 0 Å². The third-order valence-electron chi connectivity index (χ3n) is 4.06. The molecule has 1 fully saturated rings. The highest BCUT2D eigenvalue weighted by atomic mass is 16.2. The maximum absolute atomic E-state index is 11.8. The minimum atomic E-state index is -0.327. The van der Waals surface area contributed by atoms with Gasteiger partial charge in [-0.2, -0.15) is 0 Å². The second kappa shape index (κ2) is 8.52. The Hall–Kier alpha value is -0.570. The molecule has 2 unspecified atom stereocenters. The van der Waals surface area contributed by atoms with Crippen molar-refractivity contribution in [2.45, 2.75) is 83.7 Å². The van der Waals surface area contributed by atoms with Crippen molar-refractivity contribution in [1.82, 2.24) is 5.32 Å². The third kappa shape index (κ3) is 5.85. The van der Waals surface area contributed by atoms with E-state index in [-0.39, 0.29) is 18.0 Å². The average Bonchev–Trinajstić information content (AvgIpc) is 2.38. The molecule has 0 aromatic heterocycles. The number of nitrogens with two attached hydrogens (primary N) is 1. The van der Waals surface area contributed by atoms with Crippen molar-refractivity contribution in [2.75, 3.05) is 0 Å². The largest absolute Gasteiger partial charge is 0.352 e. The molecule has 0 spiro atoms. The number of nitrogens with one attached hydrogen (secondary N) is 1. The summed E-state index contributed by atoms with van der Waals surface area (Å²) in [5.74, 6) is 0.912. The van der Waals surface area contributed by atoms with Crippen LogP contribution in [0.3, 0.4) is 0 Å². The lowest BCUT2D eigenvalue weighted by atomic mass is 9.85. The first-order chi connectivity index (χ1) is 8.63. The van der Waals surface area contributed by atoms with Crippen molar-refractivity contribution in [3.8, 4) is 0 Å². The highest BCUT2D eigenvalue weighted by molar-refractivity contribution is 5.81. The van der Waals surface area contributed by atoms with Crippen LogP contribution >= 0.6 is 0 Å². The number of carbonyl (C=O) groups excluding carboxylic acids is 1. The van der Waals surface area contributed by atoms with Crippen LogP contribution in [0.25, 0.3) is 0 Å². The van der Waals surface area contributed by atoms with E-state index in [1.54, 1.807) is 0 Å².